The lowest BCUT2D eigenvalue weighted by molar-refractivity contribution is -0.253. The first kappa shape index (κ1) is 30.8. The molecule has 1 heterocycles. The van der Waals surface area contributed by atoms with Crippen molar-refractivity contribution in [1.82, 2.24) is 4.90 Å². The van der Waals surface area contributed by atoms with Gasteiger partial charge in [0.2, 0.25) is 0 Å². The molecular formula is C33H33Cl3N2O4. The molecule has 1 fully saturated rings. The number of hydrogen-bond acceptors (Lipinski definition) is 5. The van der Waals surface area contributed by atoms with Crippen molar-refractivity contribution in [3.63, 3.8) is 0 Å². The van der Waals surface area contributed by atoms with Crippen LogP contribution in [0.4, 0.5) is 5.69 Å². The van der Waals surface area contributed by atoms with Crippen LogP contribution in [0.3, 0.4) is 0 Å². The topological polar surface area (TPSA) is 71.0 Å². The molecule has 0 bridgehead atoms. The average molecular weight is 628 g/mol. The van der Waals surface area contributed by atoms with Gasteiger partial charge >= 0.3 is 0 Å². The van der Waals surface area contributed by atoms with Gasteiger partial charge in [-0.25, -0.2) is 0 Å². The molecule has 6 nitrogen and oxygen atoms in total. The van der Waals surface area contributed by atoms with E-state index in [0.717, 1.165) is 16.7 Å². The number of fused-ring (bicyclic) bond motifs is 1. The van der Waals surface area contributed by atoms with E-state index in [1.165, 1.54) is 16.3 Å². The number of aliphatic hydroxyl groups excluding tert-OH is 1. The third-order valence-electron chi connectivity index (χ3n) is 7.72. The van der Waals surface area contributed by atoms with E-state index in [1.54, 1.807) is 12.1 Å². The highest BCUT2D eigenvalue weighted by molar-refractivity contribution is 6.76. The zero-order valence-corrected chi connectivity index (χ0v) is 25.6. The Labute approximate surface area is 261 Å². The molecule has 0 aromatic heterocycles. The standard InChI is InChI=1S/C33H33Cl3N2O4/c1-21(26-12-11-23-5-3-4-6-27(23)17-26)38(2)19-29-18-30(24-9-7-22(20-39)8-10-24)42-31(41-29)25-13-15-28(16-14-25)37-32(40)33(34,35)36/h3-17,21,29-31,39H,18-20H2,1-2H3,(H,37,40)/t21-,29+,30-,31-/m1/s1. The van der Waals surface area contributed by atoms with Gasteiger partial charge in [-0.1, -0.05) is 108 Å². The van der Waals surface area contributed by atoms with E-state index in [-0.39, 0.29) is 24.9 Å². The largest absolute Gasteiger partial charge is 0.392 e. The predicted molar refractivity (Wildman–Crippen MR) is 169 cm³/mol. The van der Waals surface area contributed by atoms with E-state index in [4.69, 9.17) is 44.3 Å². The van der Waals surface area contributed by atoms with Crippen LogP contribution in [0.25, 0.3) is 10.8 Å². The molecule has 1 aliphatic heterocycles. The van der Waals surface area contributed by atoms with Crippen LogP contribution in [0.15, 0.2) is 91.0 Å². The number of carbonyl (C=O) groups is 1. The maximum Gasteiger partial charge on any atom is 0.276 e. The molecule has 1 aliphatic rings. The summed E-state index contributed by atoms with van der Waals surface area (Å²) in [4.78, 5) is 14.4. The summed E-state index contributed by atoms with van der Waals surface area (Å²) in [6, 6.07) is 30.1. The van der Waals surface area contributed by atoms with Crippen LogP contribution in [0.1, 0.15) is 54.0 Å². The molecule has 2 N–H and O–H groups in total. The number of rotatable bonds is 8. The molecule has 1 saturated heterocycles. The van der Waals surface area contributed by atoms with Crippen molar-refractivity contribution in [3.8, 4) is 0 Å². The summed E-state index contributed by atoms with van der Waals surface area (Å²) in [5.41, 5.74) is 4.39. The second-order valence-electron chi connectivity index (χ2n) is 10.6. The number of alkyl halides is 3. The molecular weight excluding hydrogens is 595 g/mol. The minimum Gasteiger partial charge on any atom is -0.392 e. The monoisotopic (exact) mass is 626 g/mol. The molecule has 220 valence electrons. The van der Waals surface area contributed by atoms with Gasteiger partial charge in [0.1, 0.15) is 0 Å². The van der Waals surface area contributed by atoms with Crippen LogP contribution in [-0.4, -0.2) is 39.4 Å². The molecule has 5 rings (SSSR count). The normalized spacial score (nSPS) is 20.0. The van der Waals surface area contributed by atoms with Crippen LogP contribution in [-0.2, 0) is 20.9 Å². The van der Waals surface area contributed by atoms with Crippen molar-refractivity contribution in [2.75, 3.05) is 18.9 Å². The van der Waals surface area contributed by atoms with Gasteiger partial charge in [-0.05, 0) is 59.6 Å². The van der Waals surface area contributed by atoms with Crippen LogP contribution in [0.2, 0.25) is 0 Å². The molecule has 1 amide bonds. The highest BCUT2D eigenvalue weighted by Crippen LogP contribution is 2.39. The van der Waals surface area contributed by atoms with Crippen LogP contribution < -0.4 is 5.32 Å². The van der Waals surface area contributed by atoms with E-state index in [1.807, 2.05) is 36.4 Å². The lowest BCUT2D eigenvalue weighted by Crippen LogP contribution is -2.38. The van der Waals surface area contributed by atoms with E-state index >= 15 is 0 Å². The van der Waals surface area contributed by atoms with Gasteiger partial charge in [0, 0.05) is 30.3 Å². The van der Waals surface area contributed by atoms with Crippen molar-refractivity contribution < 1.29 is 19.4 Å². The summed E-state index contributed by atoms with van der Waals surface area (Å²) in [6.07, 6.45) is -0.299. The van der Waals surface area contributed by atoms with E-state index < -0.39 is 16.0 Å². The second kappa shape index (κ2) is 13.3. The predicted octanol–water partition coefficient (Wildman–Crippen LogP) is 7.88. The van der Waals surface area contributed by atoms with Gasteiger partial charge in [-0.15, -0.1) is 0 Å². The van der Waals surface area contributed by atoms with Gasteiger partial charge in [0.25, 0.3) is 9.70 Å². The van der Waals surface area contributed by atoms with E-state index in [2.05, 4.69) is 66.7 Å². The molecule has 0 unspecified atom stereocenters. The number of aliphatic hydroxyl groups is 1. The number of anilines is 1. The lowest BCUT2D eigenvalue weighted by Gasteiger charge is -2.39. The third kappa shape index (κ3) is 7.44. The van der Waals surface area contributed by atoms with E-state index in [9.17, 15) is 9.90 Å². The van der Waals surface area contributed by atoms with Gasteiger partial charge in [0.05, 0.1) is 18.8 Å². The first-order chi connectivity index (χ1) is 20.1. The van der Waals surface area contributed by atoms with Crippen LogP contribution in [0, 0.1) is 0 Å². The summed E-state index contributed by atoms with van der Waals surface area (Å²) < 4.78 is 10.9. The number of likely N-dealkylation sites (N-methyl/N-ethyl adjacent to an activating group) is 1. The van der Waals surface area contributed by atoms with E-state index in [0.29, 0.717) is 18.7 Å². The van der Waals surface area contributed by atoms with Crippen molar-refractivity contribution in [3.05, 3.63) is 113 Å². The smallest absolute Gasteiger partial charge is 0.276 e. The van der Waals surface area contributed by atoms with Crippen molar-refractivity contribution in [2.24, 2.45) is 0 Å². The van der Waals surface area contributed by atoms with Crippen molar-refractivity contribution in [2.45, 2.75) is 48.3 Å². The average Bonchev–Trinajstić information content (AvgIpc) is 3.00. The summed E-state index contributed by atoms with van der Waals surface area (Å²) in [5, 5.41) is 14.5. The number of amides is 1. The first-order valence-corrected chi connectivity index (χ1v) is 14.9. The number of ether oxygens (including phenoxy) is 2. The Hall–Kier alpha value is -2.68. The highest BCUT2D eigenvalue weighted by atomic mass is 35.6. The fourth-order valence-corrected chi connectivity index (χ4v) is 5.30. The Morgan fingerprint density at radius 1 is 0.952 bits per heavy atom. The molecule has 0 aliphatic carbocycles. The maximum absolute atomic E-state index is 12.1. The number of hydrogen-bond donors (Lipinski definition) is 2. The van der Waals surface area contributed by atoms with Crippen LogP contribution >= 0.6 is 34.8 Å². The first-order valence-electron chi connectivity index (χ1n) is 13.8. The van der Waals surface area contributed by atoms with Crippen LogP contribution in [0.5, 0.6) is 0 Å². The Morgan fingerprint density at radius 3 is 2.29 bits per heavy atom. The SMILES string of the molecule is C[C@H](c1ccc2ccccc2c1)N(C)C[C@@H]1C[C@H](c2ccc(CO)cc2)O[C@H](c2ccc(NC(=O)C(Cl)(Cl)Cl)cc2)O1. The number of nitrogens with one attached hydrogen (secondary N) is 1. The molecule has 4 aromatic rings. The minimum absolute atomic E-state index is 0.0151. The zero-order valence-electron chi connectivity index (χ0n) is 23.3. The summed E-state index contributed by atoms with van der Waals surface area (Å²) >= 11 is 17.1. The van der Waals surface area contributed by atoms with Gasteiger partial charge in [0.15, 0.2) is 6.29 Å². The van der Waals surface area contributed by atoms with Gasteiger partial charge in [-0.3, -0.25) is 9.69 Å². The second-order valence-corrected chi connectivity index (χ2v) is 12.9. The Kier molecular flexibility index (Phi) is 9.75. The zero-order chi connectivity index (χ0) is 29.9. The Balaban J connectivity index is 1.34. The fourth-order valence-electron chi connectivity index (χ4n) is 5.16. The fraction of sp³-hybridized carbons (Fsp3) is 0.303. The maximum atomic E-state index is 12.1. The number of benzene rings is 4. The number of halogens is 3. The Morgan fingerprint density at radius 2 is 1.62 bits per heavy atom. The summed E-state index contributed by atoms with van der Waals surface area (Å²) in [5.74, 6) is -0.736. The quantitative estimate of drug-likeness (QED) is 0.195. The molecule has 42 heavy (non-hydrogen) atoms. The van der Waals surface area contributed by atoms with Gasteiger partial charge in [-0.2, -0.15) is 0 Å². The molecule has 4 atom stereocenters. The third-order valence-corrected chi connectivity index (χ3v) is 8.24. The molecule has 0 radical (unpaired) electrons. The molecule has 4 aromatic carbocycles. The number of carbonyl (C=O) groups excluding carboxylic acids is 1. The van der Waals surface area contributed by atoms with Crippen molar-refractivity contribution in [1.29, 1.82) is 0 Å². The Bertz CT molecular complexity index is 1510. The van der Waals surface area contributed by atoms with Crippen molar-refractivity contribution >= 4 is 57.2 Å². The van der Waals surface area contributed by atoms with Gasteiger partial charge < -0.3 is 19.9 Å². The summed E-state index contributed by atoms with van der Waals surface area (Å²) in [6.45, 7) is 2.88. The molecule has 0 spiro atoms. The summed E-state index contributed by atoms with van der Waals surface area (Å²) in [7, 11) is 2.11. The molecule has 9 heteroatoms. The minimum atomic E-state index is -2.06. The number of nitrogens with zero attached hydrogens (tertiary/aromatic N) is 1. The lowest BCUT2D eigenvalue weighted by atomic mass is 9.98. The molecule has 0 saturated carbocycles. The highest BCUT2D eigenvalue weighted by Gasteiger charge is 2.34.